The predicted octanol–water partition coefficient (Wildman–Crippen LogP) is 1.10. The second kappa shape index (κ2) is 3.53. The number of nitrogen functional groups attached to an aromatic ring is 1. The molecular weight excluding hydrogens is 176 g/mol. The molecule has 1 aromatic heterocycles. The summed E-state index contributed by atoms with van der Waals surface area (Å²) < 4.78 is 0. The largest absolute Gasteiger partial charge is 0.368 e. The molecule has 1 fully saturated rings. The molecule has 76 valence electrons. The quantitative estimate of drug-likeness (QED) is 0.699. The van der Waals surface area contributed by atoms with Crippen LogP contribution in [0.25, 0.3) is 0 Å². The first kappa shape index (κ1) is 9.40. The van der Waals surface area contributed by atoms with E-state index < -0.39 is 0 Å². The van der Waals surface area contributed by atoms with E-state index in [1.54, 1.807) is 0 Å². The number of hydrogen-bond acceptors (Lipinski definition) is 4. The van der Waals surface area contributed by atoms with Crippen molar-refractivity contribution in [2.45, 2.75) is 32.7 Å². The van der Waals surface area contributed by atoms with Gasteiger partial charge in [-0.1, -0.05) is 0 Å². The minimum absolute atomic E-state index is 0.377. The molecule has 1 atom stereocenters. The molecule has 0 radical (unpaired) electrons. The lowest BCUT2D eigenvalue weighted by atomic mass is 10.0. The highest BCUT2D eigenvalue weighted by Crippen LogP contribution is 2.27. The fourth-order valence-corrected chi connectivity index (χ4v) is 2.19. The van der Waals surface area contributed by atoms with Crippen LogP contribution >= 0.6 is 0 Å². The van der Waals surface area contributed by atoms with Crippen molar-refractivity contribution in [2.75, 3.05) is 12.3 Å². The van der Waals surface area contributed by atoms with Gasteiger partial charge in [0.25, 0.3) is 0 Å². The normalized spacial score (nSPS) is 21.4. The molecule has 14 heavy (non-hydrogen) atoms. The lowest BCUT2D eigenvalue weighted by Crippen LogP contribution is -2.17. The molecule has 1 aliphatic rings. The van der Waals surface area contributed by atoms with E-state index in [1.807, 2.05) is 13.8 Å². The number of nitrogens with one attached hydrogen (secondary N) is 1. The number of hydrogen-bond donors (Lipinski definition) is 2. The summed E-state index contributed by atoms with van der Waals surface area (Å²) in [6.45, 7) is 5.09. The van der Waals surface area contributed by atoms with Crippen LogP contribution in [0.5, 0.6) is 0 Å². The predicted molar refractivity (Wildman–Crippen MR) is 55.9 cm³/mol. The second-order valence-electron chi connectivity index (χ2n) is 3.82. The molecule has 3 N–H and O–H groups in total. The van der Waals surface area contributed by atoms with Gasteiger partial charge in [0.05, 0.1) is 0 Å². The van der Waals surface area contributed by atoms with E-state index in [0.717, 1.165) is 17.9 Å². The van der Waals surface area contributed by atoms with Crippen LogP contribution in [0.1, 0.15) is 35.8 Å². The van der Waals surface area contributed by atoms with Gasteiger partial charge in [-0.15, -0.1) is 0 Å². The van der Waals surface area contributed by atoms with Crippen molar-refractivity contribution in [3.63, 3.8) is 0 Å². The molecule has 4 heteroatoms. The van der Waals surface area contributed by atoms with Gasteiger partial charge in [0, 0.05) is 23.0 Å². The first-order valence-corrected chi connectivity index (χ1v) is 5.02. The average Bonchev–Trinajstić information content (AvgIpc) is 2.54. The molecule has 1 aliphatic heterocycles. The first-order valence-electron chi connectivity index (χ1n) is 5.02. The topological polar surface area (TPSA) is 63.8 Å². The van der Waals surface area contributed by atoms with Crippen LogP contribution in [-0.2, 0) is 0 Å². The zero-order valence-corrected chi connectivity index (χ0v) is 8.67. The number of nitrogens with zero attached hydrogens (tertiary/aromatic N) is 2. The number of aromatic nitrogens is 2. The molecule has 2 heterocycles. The van der Waals surface area contributed by atoms with E-state index in [1.165, 1.54) is 18.4 Å². The molecule has 1 unspecified atom stereocenters. The van der Waals surface area contributed by atoms with E-state index in [0.29, 0.717) is 12.0 Å². The molecular formula is C10H16N4. The SMILES string of the molecule is Cc1nc(N)nc(C)c1C1CCCN1. The third-order valence-corrected chi connectivity index (χ3v) is 2.75. The fourth-order valence-electron chi connectivity index (χ4n) is 2.19. The van der Waals surface area contributed by atoms with Gasteiger partial charge in [-0.3, -0.25) is 0 Å². The summed E-state index contributed by atoms with van der Waals surface area (Å²) in [4.78, 5) is 8.41. The maximum Gasteiger partial charge on any atom is 0.220 e. The summed E-state index contributed by atoms with van der Waals surface area (Å²) in [6.07, 6.45) is 2.41. The van der Waals surface area contributed by atoms with Crippen molar-refractivity contribution in [3.05, 3.63) is 17.0 Å². The smallest absolute Gasteiger partial charge is 0.220 e. The molecule has 0 spiro atoms. The van der Waals surface area contributed by atoms with Crippen LogP contribution in [0.2, 0.25) is 0 Å². The van der Waals surface area contributed by atoms with Crippen LogP contribution in [-0.4, -0.2) is 16.5 Å². The third-order valence-electron chi connectivity index (χ3n) is 2.75. The van der Waals surface area contributed by atoms with Gasteiger partial charge in [0.2, 0.25) is 5.95 Å². The Hall–Kier alpha value is -1.16. The Morgan fingerprint density at radius 3 is 2.43 bits per heavy atom. The molecule has 0 bridgehead atoms. The summed E-state index contributed by atoms with van der Waals surface area (Å²) in [7, 11) is 0. The molecule has 0 aromatic carbocycles. The maximum atomic E-state index is 5.58. The molecule has 4 nitrogen and oxygen atoms in total. The van der Waals surface area contributed by atoms with E-state index >= 15 is 0 Å². The van der Waals surface area contributed by atoms with Gasteiger partial charge in [0.1, 0.15) is 0 Å². The highest BCUT2D eigenvalue weighted by atomic mass is 15.0. The van der Waals surface area contributed by atoms with Crippen molar-refractivity contribution in [2.24, 2.45) is 0 Å². The summed E-state index contributed by atoms with van der Waals surface area (Å²) in [5.74, 6) is 0.377. The third kappa shape index (κ3) is 1.57. The second-order valence-corrected chi connectivity index (χ2v) is 3.82. The molecule has 0 saturated carbocycles. The molecule has 1 aromatic rings. The number of aryl methyl sites for hydroxylation is 2. The van der Waals surface area contributed by atoms with Crippen LogP contribution in [0.3, 0.4) is 0 Å². The zero-order valence-electron chi connectivity index (χ0n) is 8.67. The van der Waals surface area contributed by atoms with Gasteiger partial charge in [-0.25, -0.2) is 9.97 Å². The highest BCUT2D eigenvalue weighted by Gasteiger charge is 2.21. The lowest BCUT2D eigenvalue weighted by Gasteiger charge is -2.15. The Morgan fingerprint density at radius 1 is 1.29 bits per heavy atom. The Bertz CT molecular complexity index is 319. The van der Waals surface area contributed by atoms with Gasteiger partial charge < -0.3 is 11.1 Å². The molecule has 0 amide bonds. The monoisotopic (exact) mass is 192 g/mol. The number of rotatable bonds is 1. The van der Waals surface area contributed by atoms with Gasteiger partial charge >= 0.3 is 0 Å². The van der Waals surface area contributed by atoms with Crippen molar-refractivity contribution in [1.29, 1.82) is 0 Å². The molecule has 2 rings (SSSR count). The van der Waals surface area contributed by atoms with Crippen molar-refractivity contribution in [3.8, 4) is 0 Å². The van der Waals surface area contributed by atoms with E-state index in [-0.39, 0.29) is 0 Å². The van der Waals surface area contributed by atoms with Crippen molar-refractivity contribution < 1.29 is 0 Å². The Kier molecular flexibility index (Phi) is 2.37. The summed E-state index contributed by atoms with van der Waals surface area (Å²) in [5.41, 5.74) is 8.83. The van der Waals surface area contributed by atoms with Gasteiger partial charge in [0.15, 0.2) is 0 Å². The van der Waals surface area contributed by atoms with Crippen LogP contribution < -0.4 is 11.1 Å². The lowest BCUT2D eigenvalue weighted by molar-refractivity contribution is 0.631. The Morgan fingerprint density at radius 2 is 1.93 bits per heavy atom. The van der Waals surface area contributed by atoms with Crippen molar-refractivity contribution in [1.82, 2.24) is 15.3 Å². The molecule has 0 aliphatic carbocycles. The Labute approximate surface area is 83.9 Å². The average molecular weight is 192 g/mol. The summed E-state index contributed by atoms with van der Waals surface area (Å²) in [6, 6.07) is 0.426. The van der Waals surface area contributed by atoms with Gasteiger partial charge in [-0.2, -0.15) is 0 Å². The minimum atomic E-state index is 0.377. The van der Waals surface area contributed by atoms with Crippen LogP contribution in [0.4, 0.5) is 5.95 Å². The van der Waals surface area contributed by atoms with E-state index in [9.17, 15) is 0 Å². The number of anilines is 1. The van der Waals surface area contributed by atoms with Crippen molar-refractivity contribution >= 4 is 5.95 Å². The van der Waals surface area contributed by atoms with Crippen LogP contribution in [0.15, 0.2) is 0 Å². The molecule has 1 saturated heterocycles. The highest BCUT2D eigenvalue weighted by molar-refractivity contribution is 5.33. The summed E-state index contributed by atoms with van der Waals surface area (Å²) in [5, 5.41) is 3.45. The van der Waals surface area contributed by atoms with E-state index in [4.69, 9.17) is 5.73 Å². The number of nitrogens with two attached hydrogens (primary N) is 1. The fraction of sp³-hybridized carbons (Fsp3) is 0.600. The minimum Gasteiger partial charge on any atom is -0.368 e. The standard InChI is InChI=1S/C10H16N4/c1-6-9(8-4-3-5-12-8)7(2)14-10(11)13-6/h8,12H,3-5H2,1-2H3,(H2,11,13,14). The first-order chi connectivity index (χ1) is 6.68. The summed E-state index contributed by atoms with van der Waals surface area (Å²) >= 11 is 0. The zero-order chi connectivity index (χ0) is 10.1. The maximum absolute atomic E-state index is 5.58. The Balaban J connectivity index is 2.40. The van der Waals surface area contributed by atoms with Crippen LogP contribution in [0, 0.1) is 13.8 Å². The van der Waals surface area contributed by atoms with Gasteiger partial charge in [-0.05, 0) is 33.2 Å². The van der Waals surface area contributed by atoms with E-state index in [2.05, 4.69) is 15.3 Å².